The van der Waals surface area contributed by atoms with Gasteiger partial charge in [0.25, 0.3) is 5.69 Å². The number of benzene rings is 2. The third-order valence-electron chi connectivity index (χ3n) is 5.91. The third kappa shape index (κ3) is 3.43. The van der Waals surface area contributed by atoms with Gasteiger partial charge in [0, 0.05) is 36.1 Å². The molecule has 2 aliphatic rings. The number of nitrogens with zero attached hydrogens (tertiary/aromatic N) is 2. The molecule has 1 unspecified atom stereocenters. The summed E-state index contributed by atoms with van der Waals surface area (Å²) >= 11 is 0. The minimum Gasteiger partial charge on any atom is -0.294 e. The van der Waals surface area contributed by atoms with E-state index < -0.39 is 4.92 Å². The molecular weight excluding hydrogens is 380 g/mol. The highest BCUT2D eigenvalue weighted by Gasteiger charge is 2.45. The number of Topliss-reactive ketones (excluding diaryl/α,β-unsaturated/α-hetero) is 1. The first-order chi connectivity index (χ1) is 14.2. The molecular formula is C24H24N2O4. The quantitative estimate of drug-likeness (QED) is 0.528. The van der Waals surface area contributed by atoms with Crippen molar-refractivity contribution in [2.75, 3.05) is 4.90 Å². The highest BCUT2D eigenvalue weighted by atomic mass is 16.6. The van der Waals surface area contributed by atoms with E-state index in [4.69, 9.17) is 0 Å². The summed E-state index contributed by atoms with van der Waals surface area (Å²) in [4.78, 5) is 39.3. The maximum absolute atomic E-state index is 13.4. The zero-order chi connectivity index (χ0) is 21.6. The first-order valence-electron chi connectivity index (χ1n) is 10.1. The van der Waals surface area contributed by atoms with Gasteiger partial charge < -0.3 is 0 Å². The molecule has 1 heterocycles. The van der Waals surface area contributed by atoms with Crippen LogP contribution in [0.2, 0.25) is 0 Å². The van der Waals surface area contributed by atoms with Crippen molar-refractivity contribution < 1.29 is 14.5 Å². The molecule has 30 heavy (non-hydrogen) atoms. The predicted molar refractivity (Wildman–Crippen MR) is 114 cm³/mol. The van der Waals surface area contributed by atoms with Crippen molar-refractivity contribution in [3.8, 4) is 0 Å². The van der Waals surface area contributed by atoms with Crippen LogP contribution in [0.5, 0.6) is 0 Å². The number of carbonyl (C=O) groups excluding carboxylic acids is 2. The number of amides is 1. The summed E-state index contributed by atoms with van der Waals surface area (Å²) in [5.74, 6) is -0.527. The number of hydrogen-bond acceptors (Lipinski definition) is 4. The molecule has 1 aliphatic heterocycles. The van der Waals surface area contributed by atoms with Crippen LogP contribution in [0.4, 0.5) is 11.4 Å². The molecule has 0 N–H and O–H groups in total. The second-order valence-electron chi connectivity index (χ2n) is 8.95. The molecule has 0 aromatic heterocycles. The van der Waals surface area contributed by atoms with Gasteiger partial charge in [0.15, 0.2) is 5.78 Å². The number of rotatable bonds is 3. The van der Waals surface area contributed by atoms with E-state index in [1.54, 1.807) is 19.1 Å². The van der Waals surface area contributed by atoms with Crippen molar-refractivity contribution in [1.29, 1.82) is 0 Å². The topological polar surface area (TPSA) is 80.5 Å². The number of ketones is 1. The summed E-state index contributed by atoms with van der Waals surface area (Å²) in [6.07, 6.45) is 1.02. The van der Waals surface area contributed by atoms with Gasteiger partial charge in [0.2, 0.25) is 5.91 Å². The zero-order valence-corrected chi connectivity index (χ0v) is 17.3. The van der Waals surface area contributed by atoms with Gasteiger partial charge in [0.05, 0.1) is 4.92 Å². The molecule has 2 aromatic rings. The van der Waals surface area contributed by atoms with Crippen molar-refractivity contribution in [3.05, 3.63) is 81.0 Å². The van der Waals surface area contributed by atoms with Gasteiger partial charge in [-0.05, 0) is 36.0 Å². The molecule has 154 valence electrons. The number of carbonyl (C=O) groups is 2. The second-order valence-corrected chi connectivity index (χ2v) is 8.95. The second kappa shape index (κ2) is 7.20. The summed E-state index contributed by atoms with van der Waals surface area (Å²) in [5, 5.41) is 11.7. The van der Waals surface area contributed by atoms with Gasteiger partial charge in [0.1, 0.15) is 5.69 Å². The van der Waals surface area contributed by atoms with Crippen LogP contribution in [0.3, 0.4) is 0 Å². The van der Waals surface area contributed by atoms with Crippen LogP contribution in [0, 0.1) is 22.5 Å². The highest BCUT2D eigenvalue weighted by Crippen LogP contribution is 2.49. The van der Waals surface area contributed by atoms with Crippen molar-refractivity contribution in [1.82, 2.24) is 0 Å². The van der Waals surface area contributed by atoms with Gasteiger partial charge in [-0.1, -0.05) is 50.2 Å². The summed E-state index contributed by atoms with van der Waals surface area (Å²) in [6, 6.07) is 14.4. The van der Waals surface area contributed by atoms with Gasteiger partial charge in [-0.25, -0.2) is 0 Å². The molecule has 0 saturated carbocycles. The molecule has 1 aliphatic carbocycles. The molecule has 0 bridgehead atoms. The molecule has 2 aromatic carbocycles. The van der Waals surface area contributed by atoms with E-state index in [1.165, 1.54) is 11.0 Å². The first-order valence-corrected chi connectivity index (χ1v) is 10.1. The highest BCUT2D eigenvalue weighted by molar-refractivity contribution is 6.08. The maximum atomic E-state index is 13.4. The van der Waals surface area contributed by atoms with E-state index in [9.17, 15) is 19.7 Å². The van der Waals surface area contributed by atoms with E-state index >= 15 is 0 Å². The Balaban J connectivity index is 1.95. The Morgan fingerprint density at radius 1 is 1.07 bits per heavy atom. The Kier molecular flexibility index (Phi) is 4.80. The monoisotopic (exact) mass is 404 g/mol. The maximum Gasteiger partial charge on any atom is 0.293 e. The van der Waals surface area contributed by atoms with E-state index in [-0.39, 0.29) is 40.8 Å². The standard InChI is InChI=1S/C24H24N2O4/c1-15-9-10-18(19(11-15)26(29)30)25-20-13-24(2,3)14-21(27)23(20)17(12-22(25)28)16-7-5-4-6-8-16/h4-11,17H,12-14H2,1-3H3. The molecule has 1 atom stereocenters. The molecule has 0 radical (unpaired) electrons. The van der Waals surface area contributed by atoms with Crippen molar-refractivity contribution in [2.24, 2.45) is 5.41 Å². The lowest BCUT2D eigenvalue weighted by Gasteiger charge is -2.42. The SMILES string of the molecule is Cc1ccc(N2C(=O)CC(c3ccccc3)C3=C2CC(C)(C)CC3=O)c([N+](=O)[O-])c1. The number of nitro benzene ring substituents is 1. The Morgan fingerprint density at radius 2 is 1.77 bits per heavy atom. The minimum atomic E-state index is -0.463. The van der Waals surface area contributed by atoms with Crippen molar-refractivity contribution >= 4 is 23.1 Å². The summed E-state index contributed by atoms with van der Waals surface area (Å²) in [6.45, 7) is 5.76. The van der Waals surface area contributed by atoms with E-state index in [0.29, 0.717) is 24.1 Å². The summed E-state index contributed by atoms with van der Waals surface area (Å²) in [7, 11) is 0. The van der Waals surface area contributed by atoms with Gasteiger partial charge in [-0.3, -0.25) is 24.6 Å². The largest absolute Gasteiger partial charge is 0.294 e. The summed E-state index contributed by atoms with van der Waals surface area (Å²) in [5.41, 5.74) is 2.68. The Labute approximate surface area is 175 Å². The molecule has 4 rings (SSSR count). The van der Waals surface area contributed by atoms with Gasteiger partial charge in [-0.2, -0.15) is 0 Å². The van der Waals surface area contributed by atoms with Crippen molar-refractivity contribution in [3.63, 3.8) is 0 Å². The van der Waals surface area contributed by atoms with Gasteiger partial charge in [-0.15, -0.1) is 0 Å². The van der Waals surface area contributed by atoms with Crippen LogP contribution in [0.15, 0.2) is 59.8 Å². The van der Waals surface area contributed by atoms with Crippen LogP contribution < -0.4 is 4.90 Å². The lowest BCUT2D eigenvalue weighted by Crippen LogP contribution is -2.44. The van der Waals surface area contributed by atoms with E-state index in [0.717, 1.165) is 11.1 Å². The molecule has 0 fully saturated rings. The lowest BCUT2D eigenvalue weighted by atomic mass is 9.69. The Morgan fingerprint density at radius 3 is 2.43 bits per heavy atom. The molecule has 1 amide bonds. The molecule has 6 nitrogen and oxygen atoms in total. The fraction of sp³-hybridized carbons (Fsp3) is 0.333. The smallest absolute Gasteiger partial charge is 0.293 e. The fourth-order valence-electron chi connectivity index (χ4n) is 4.63. The zero-order valence-electron chi connectivity index (χ0n) is 17.3. The van der Waals surface area contributed by atoms with Crippen LogP contribution in [0.1, 0.15) is 50.2 Å². The van der Waals surface area contributed by atoms with Crippen LogP contribution in [-0.4, -0.2) is 16.6 Å². The van der Waals surface area contributed by atoms with E-state index in [1.807, 2.05) is 44.2 Å². The average Bonchev–Trinajstić information content (AvgIpc) is 2.67. The Hall–Kier alpha value is -3.28. The number of allylic oxidation sites excluding steroid dienone is 2. The van der Waals surface area contributed by atoms with Crippen LogP contribution in [0.25, 0.3) is 0 Å². The average molecular weight is 404 g/mol. The normalized spacial score (nSPS) is 20.9. The van der Waals surface area contributed by atoms with Crippen LogP contribution in [-0.2, 0) is 9.59 Å². The fourth-order valence-corrected chi connectivity index (χ4v) is 4.63. The molecule has 6 heteroatoms. The third-order valence-corrected chi connectivity index (χ3v) is 5.91. The predicted octanol–water partition coefficient (Wildman–Crippen LogP) is 5.07. The minimum absolute atomic E-state index is 0.0161. The van der Waals surface area contributed by atoms with Crippen LogP contribution >= 0.6 is 0 Å². The summed E-state index contributed by atoms with van der Waals surface area (Å²) < 4.78 is 0. The number of nitro groups is 1. The van der Waals surface area contributed by atoms with Crippen molar-refractivity contribution in [2.45, 2.75) is 46.0 Å². The number of aryl methyl sites for hydroxylation is 1. The molecule has 0 spiro atoms. The number of hydrogen-bond donors (Lipinski definition) is 0. The lowest BCUT2D eigenvalue weighted by molar-refractivity contribution is -0.384. The first kappa shape index (κ1) is 20.0. The van der Waals surface area contributed by atoms with Gasteiger partial charge >= 0.3 is 0 Å². The number of anilines is 1. The Bertz CT molecular complexity index is 1090. The van der Waals surface area contributed by atoms with E-state index in [2.05, 4.69) is 0 Å². The molecule has 0 saturated heterocycles.